The molecule has 0 fully saturated rings. The van der Waals surface area contributed by atoms with Crippen molar-refractivity contribution in [2.45, 2.75) is 19.3 Å². The predicted molar refractivity (Wildman–Crippen MR) is 107 cm³/mol. The molecular formula is C22H20ClNO4. The molecule has 0 aliphatic carbocycles. The highest BCUT2D eigenvalue weighted by Gasteiger charge is 2.12. The summed E-state index contributed by atoms with van der Waals surface area (Å²) in [7, 11) is 0. The third-order valence-corrected chi connectivity index (χ3v) is 4.31. The lowest BCUT2D eigenvalue weighted by Crippen LogP contribution is -2.24. The van der Waals surface area contributed by atoms with Crippen LogP contribution in [0.2, 0.25) is 5.02 Å². The molecule has 0 aliphatic heterocycles. The fraction of sp³-hybridized carbons (Fsp3) is 0.182. The Hall–Kier alpha value is -3.05. The van der Waals surface area contributed by atoms with Crippen LogP contribution in [-0.4, -0.2) is 18.4 Å². The average Bonchev–Trinajstić information content (AvgIpc) is 3.23. The van der Waals surface area contributed by atoms with E-state index in [1.165, 1.54) is 6.26 Å². The van der Waals surface area contributed by atoms with Gasteiger partial charge in [-0.1, -0.05) is 41.9 Å². The molecule has 0 aliphatic rings. The van der Waals surface area contributed by atoms with Gasteiger partial charge < -0.3 is 14.5 Å². The van der Waals surface area contributed by atoms with Crippen LogP contribution in [0, 0.1) is 0 Å². The molecule has 0 spiro atoms. The molecule has 2 aromatic carbocycles. The van der Waals surface area contributed by atoms with Gasteiger partial charge in [0.15, 0.2) is 5.76 Å². The maximum atomic E-state index is 12.2. The highest BCUT2D eigenvalue weighted by Crippen LogP contribution is 2.26. The van der Waals surface area contributed by atoms with Crippen molar-refractivity contribution >= 4 is 23.5 Å². The summed E-state index contributed by atoms with van der Waals surface area (Å²) in [6.45, 7) is 0.353. The SMILES string of the molecule is O=C(CCCNC(=O)c1ccco1)Oc1ccc(Cl)cc1Cc1ccccc1. The molecule has 3 aromatic rings. The standard InChI is InChI=1S/C22H20ClNO4/c23-18-10-11-19(17(15-18)14-16-6-2-1-3-7-16)28-21(25)9-4-12-24-22(26)20-8-5-13-27-20/h1-3,5-8,10-11,13,15H,4,9,12,14H2,(H,24,26). The molecule has 6 heteroatoms. The molecule has 1 N–H and O–H groups in total. The highest BCUT2D eigenvalue weighted by atomic mass is 35.5. The minimum absolute atomic E-state index is 0.186. The first-order chi connectivity index (χ1) is 13.6. The van der Waals surface area contributed by atoms with Gasteiger partial charge in [-0.15, -0.1) is 0 Å². The summed E-state index contributed by atoms with van der Waals surface area (Å²) < 4.78 is 10.5. The van der Waals surface area contributed by atoms with Gasteiger partial charge in [-0.25, -0.2) is 0 Å². The van der Waals surface area contributed by atoms with Crippen molar-refractivity contribution in [1.82, 2.24) is 5.32 Å². The number of nitrogens with one attached hydrogen (secondary N) is 1. The van der Waals surface area contributed by atoms with Crippen LogP contribution < -0.4 is 10.1 Å². The molecule has 0 saturated carbocycles. The Balaban J connectivity index is 1.51. The van der Waals surface area contributed by atoms with Crippen LogP contribution in [0.15, 0.2) is 71.3 Å². The molecule has 0 saturated heterocycles. The van der Waals surface area contributed by atoms with Gasteiger partial charge in [0.1, 0.15) is 5.75 Å². The van der Waals surface area contributed by atoms with Gasteiger partial charge in [0.2, 0.25) is 0 Å². The predicted octanol–water partition coefficient (Wildman–Crippen LogP) is 4.64. The highest BCUT2D eigenvalue weighted by molar-refractivity contribution is 6.30. The molecule has 0 unspecified atom stereocenters. The molecule has 3 rings (SSSR count). The van der Waals surface area contributed by atoms with Crippen molar-refractivity contribution in [2.75, 3.05) is 6.54 Å². The lowest BCUT2D eigenvalue weighted by molar-refractivity contribution is -0.134. The molecular weight excluding hydrogens is 378 g/mol. The van der Waals surface area contributed by atoms with Gasteiger partial charge in [0, 0.05) is 30.0 Å². The van der Waals surface area contributed by atoms with E-state index in [4.69, 9.17) is 20.8 Å². The number of carbonyl (C=O) groups excluding carboxylic acids is 2. The first kappa shape index (κ1) is 19.7. The maximum Gasteiger partial charge on any atom is 0.311 e. The van der Waals surface area contributed by atoms with Crippen LogP contribution in [-0.2, 0) is 11.2 Å². The summed E-state index contributed by atoms with van der Waals surface area (Å²) in [5.41, 5.74) is 1.95. The van der Waals surface area contributed by atoms with E-state index in [0.717, 1.165) is 11.1 Å². The Labute approximate surface area is 168 Å². The Morgan fingerprint density at radius 2 is 1.86 bits per heavy atom. The van der Waals surface area contributed by atoms with Gasteiger partial charge in [-0.2, -0.15) is 0 Å². The first-order valence-electron chi connectivity index (χ1n) is 8.96. The van der Waals surface area contributed by atoms with Crippen LogP contribution in [0.5, 0.6) is 5.75 Å². The minimum Gasteiger partial charge on any atom is -0.459 e. The Bertz CT molecular complexity index is 923. The summed E-state index contributed by atoms with van der Waals surface area (Å²) >= 11 is 6.11. The molecule has 28 heavy (non-hydrogen) atoms. The van der Waals surface area contributed by atoms with Crippen LogP contribution in [0.1, 0.15) is 34.5 Å². The molecule has 1 amide bonds. The van der Waals surface area contributed by atoms with Crippen molar-refractivity contribution in [3.8, 4) is 5.75 Å². The molecule has 0 bridgehead atoms. The first-order valence-corrected chi connectivity index (χ1v) is 9.34. The molecule has 0 radical (unpaired) electrons. The van der Waals surface area contributed by atoms with E-state index < -0.39 is 0 Å². The second-order valence-electron chi connectivity index (χ2n) is 6.23. The zero-order valence-corrected chi connectivity index (χ0v) is 15.9. The quantitative estimate of drug-likeness (QED) is 0.341. The second kappa shape index (κ2) is 9.76. The lowest BCUT2D eigenvalue weighted by atomic mass is 10.0. The number of rotatable bonds is 8. The number of hydrogen-bond donors (Lipinski definition) is 1. The summed E-state index contributed by atoms with van der Waals surface area (Å²) in [5.74, 6) is 0.0808. The number of amides is 1. The summed E-state index contributed by atoms with van der Waals surface area (Å²) in [6, 6.07) is 18.3. The zero-order valence-electron chi connectivity index (χ0n) is 15.2. The normalized spacial score (nSPS) is 10.5. The van der Waals surface area contributed by atoms with Gasteiger partial charge in [0.05, 0.1) is 6.26 Å². The van der Waals surface area contributed by atoms with Crippen molar-refractivity contribution in [3.63, 3.8) is 0 Å². The topological polar surface area (TPSA) is 68.5 Å². The van der Waals surface area contributed by atoms with Crippen molar-refractivity contribution in [1.29, 1.82) is 0 Å². The van der Waals surface area contributed by atoms with Gasteiger partial charge >= 0.3 is 5.97 Å². The third-order valence-electron chi connectivity index (χ3n) is 4.07. The van der Waals surface area contributed by atoms with Crippen LogP contribution in [0.25, 0.3) is 0 Å². The second-order valence-corrected chi connectivity index (χ2v) is 6.66. The van der Waals surface area contributed by atoms with Gasteiger partial charge in [0.25, 0.3) is 5.91 Å². The van der Waals surface area contributed by atoms with E-state index in [1.807, 2.05) is 30.3 Å². The average molecular weight is 398 g/mol. The fourth-order valence-corrected chi connectivity index (χ4v) is 2.90. The molecule has 5 nitrogen and oxygen atoms in total. The fourth-order valence-electron chi connectivity index (χ4n) is 2.70. The van der Waals surface area contributed by atoms with Gasteiger partial charge in [-0.05, 0) is 42.3 Å². The van der Waals surface area contributed by atoms with Crippen molar-refractivity contribution in [2.24, 2.45) is 0 Å². The number of benzene rings is 2. The number of furan rings is 1. The summed E-state index contributed by atoms with van der Waals surface area (Å²) in [5, 5.41) is 3.29. The van der Waals surface area contributed by atoms with Crippen LogP contribution >= 0.6 is 11.6 Å². The smallest absolute Gasteiger partial charge is 0.311 e. The van der Waals surface area contributed by atoms with Crippen molar-refractivity contribution < 1.29 is 18.7 Å². The van der Waals surface area contributed by atoms with E-state index in [9.17, 15) is 9.59 Å². The minimum atomic E-state index is -0.358. The molecule has 144 valence electrons. The third kappa shape index (κ3) is 5.72. The Morgan fingerprint density at radius 1 is 1.04 bits per heavy atom. The summed E-state index contributed by atoms with van der Waals surface area (Å²) in [4.78, 5) is 23.9. The van der Waals surface area contributed by atoms with Gasteiger partial charge in [-0.3, -0.25) is 9.59 Å². The van der Waals surface area contributed by atoms with Crippen molar-refractivity contribution in [3.05, 3.63) is 88.8 Å². The lowest BCUT2D eigenvalue weighted by Gasteiger charge is -2.11. The largest absolute Gasteiger partial charge is 0.459 e. The maximum absolute atomic E-state index is 12.2. The zero-order chi connectivity index (χ0) is 19.8. The number of ether oxygens (including phenoxy) is 1. The van der Waals surface area contributed by atoms with E-state index in [2.05, 4.69) is 5.32 Å². The van der Waals surface area contributed by atoms with E-state index in [-0.39, 0.29) is 24.1 Å². The molecule has 0 atom stereocenters. The number of halogens is 1. The van der Waals surface area contributed by atoms with E-state index in [0.29, 0.717) is 30.2 Å². The molecule has 1 heterocycles. The van der Waals surface area contributed by atoms with Crippen LogP contribution in [0.4, 0.5) is 0 Å². The Morgan fingerprint density at radius 3 is 2.61 bits per heavy atom. The monoisotopic (exact) mass is 397 g/mol. The van der Waals surface area contributed by atoms with E-state index >= 15 is 0 Å². The summed E-state index contributed by atoms with van der Waals surface area (Å²) in [6.07, 6.45) is 2.70. The molecule has 1 aromatic heterocycles. The van der Waals surface area contributed by atoms with Crippen LogP contribution in [0.3, 0.4) is 0 Å². The number of esters is 1. The number of carbonyl (C=O) groups is 2. The van der Waals surface area contributed by atoms with E-state index in [1.54, 1.807) is 30.3 Å². The Kier molecular flexibility index (Phi) is 6.87. The number of hydrogen-bond acceptors (Lipinski definition) is 4.